The summed E-state index contributed by atoms with van der Waals surface area (Å²) in [5.41, 5.74) is -0.443. The van der Waals surface area contributed by atoms with E-state index in [1.165, 1.54) is 12.8 Å². The monoisotopic (exact) mass is 340 g/mol. The number of rotatable bonds is 7. The lowest BCUT2D eigenvalue weighted by atomic mass is 9.90. The highest BCUT2D eigenvalue weighted by molar-refractivity contribution is 5.81. The predicted molar refractivity (Wildman–Crippen MR) is 91.6 cm³/mol. The lowest BCUT2D eigenvalue weighted by Crippen LogP contribution is -2.51. The molecule has 2 aliphatic rings. The first kappa shape index (κ1) is 19.0. The summed E-state index contributed by atoms with van der Waals surface area (Å²) in [5.74, 6) is -0.295. The van der Waals surface area contributed by atoms with Crippen molar-refractivity contribution in [2.75, 3.05) is 26.2 Å². The lowest BCUT2D eigenvalue weighted by molar-refractivity contribution is -0.145. The minimum atomic E-state index is -0.944. The van der Waals surface area contributed by atoms with E-state index in [0.717, 1.165) is 19.4 Å². The van der Waals surface area contributed by atoms with E-state index in [1.807, 2.05) is 18.7 Å². The molecule has 0 unspecified atom stereocenters. The van der Waals surface area contributed by atoms with Crippen molar-refractivity contribution in [2.24, 2.45) is 5.92 Å². The molecule has 138 valence electrons. The van der Waals surface area contributed by atoms with E-state index in [0.29, 0.717) is 32.5 Å². The highest BCUT2D eigenvalue weighted by atomic mass is 16.6. The molecule has 0 aliphatic carbocycles. The summed E-state index contributed by atoms with van der Waals surface area (Å²) in [4.78, 5) is 27.9. The van der Waals surface area contributed by atoms with Crippen molar-refractivity contribution >= 4 is 12.0 Å². The number of hydrogen-bond acceptors (Lipinski definition) is 4. The molecule has 6 heteroatoms. The molecule has 0 saturated carbocycles. The van der Waals surface area contributed by atoms with Gasteiger partial charge in [-0.3, -0.25) is 4.79 Å². The Labute approximate surface area is 145 Å². The summed E-state index contributed by atoms with van der Waals surface area (Å²) in [5, 5.41) is 9.94. The topological polar surface area (TPSA) is 70.1 Å². The maximum Gasteiger partial charge on any atom is 0.410 e. The molecule has 1 N–H and O–H groups in total. The van der Waals surface area contributed by atoms with Gasteiger partial charge in [0.1, 0.15) is 11.7 Å². The van der Waals surface area contributed by atoms with Crippen LogP contribution in [0, 0.1) is 5.92 Å². The number of carbonyl (C=O) groups is 2. The van der Waals surface area contributed by atoms with E-state index in [9.17, 15) is 14.7 Å². The van der Waals surface area contributed by atoms with E-state index in [-0.39, 0.29) is 17.9 Å². The molecule has 2 heterocycles. The molecule has 2 fully saturated rings. The zero-order valence-electron chi connectivity index (χ0n) is 15.3. The van der Waals surface area contributed by atoms with Crippen LogP contribution in [-0.2, 0) is 9.53 Å². The smallest absolute Gasteiger partial charge is 0.410 e. The summed E-state index contributed by atoms with van der Waals surface area (Å²) in [6.45, 7) is 8.32. The van der Waals surface area contributed by atoms with Crippen molar-refractivity contribution in [2.45, 2.75) is 71.0 Å². The Balaban J connectivity index is 1.83. The summed E-state index contributed by atoms with van der Waals surface area (Å²) >= 11 is 0. The summed E-state index contributed by atoms with van der Waals surface area (Å²) in [6, 6.07) is 0. The van der Waals surface area contributed by atoms with Gasteiger partial charge in [0, 0.05) is 32.5 Å². The third-order valence-corrected chi connectivity index (χ3v) is 5.19. The Morgan fingerprint density at radius 3 is 2.50 bits per heavy atom. The summed E-state index contributed by atoms with van der Waals surface area (Å²) in [6.07, 6.45) is 4.69. The van der Waals surface area contributed by atoms with Gasteiger partial charge in [-0.25, -0.2) is 4.79 Å². The van der Waals surface area contributed by atoms with Crippen LogP contribution in [0.4, 0.5) is 4.79 Å². The molecule has 2 amide bonds. The second-order valence-corrected chi connectivity index (χ2v) is 7.55. The molecule has 0 aromatic rings. The minimum absolute atomic E-state index is 0.0868. The van der Waals surface area contributed by atoms with E-state index >= 15 is 0 Å². The Morgan fingerprint density at radius 1 is 1.25 bits per heavy atom. The van der Waals surface area contributed by atoms with Crippen LogP contribution < -0.4 is 0 Å². The second kappa shape index (κ2) is 8.19. The first-order valence-electron chi connectivity index (χ1n) is 9.33. The van der Waals surface area contributed by atoms with Crippen molar-refractivity contribution in [3.63, 3.8) is 0 Å². The number of piperidine rings is 1. The van der Waals surface area contributed by atoms with Crippen LogP contribution >= 0.6 is 0 Å². The predicted octanol–water partition coefficient (Wildman–Crippen LogP) is 2.40. The van der Waals surface area contributed by atoms with Crippen LogP contribution in [0.3, 0.4) is 0 Å². The van der Waals surface area contributed by atoms with Gasteiger partial charge >= 0.3 is 6.09 Å². The Kier molecular flexibility index (Phi) is 6.49. The number of aliphatic hydroxyl groups is 1. The van der Waals surface area contributed by atoms with Gasteiger partial charge in [-0.2, -0.15) is 0 Å². The number of carbonyl (C=O) groups excluding carboxylic acids is 2. The van der Waals surface area contributed by atoms with Gasteiger partial charge in [-0.15, -0.1) is 0 Å². The van der Waals surface area contributed by atoms with Crippen molar-refractivity contribution < 1.29 is 19.4 Å². The van der Waals surface area contributed by atoms with Crippen molar-refractivity contribution in [3.8, 4) is 0 Å². The van der Waals surface area contributed by atoms with E-state index < -0.39 is 11.7 Å². The molecule has 0 bridgehead atoms. The molecule has 0 radical (unpaired) electrons. The summed E-state index contributed by atoms with van der Waals surface area (Å²) < 4.78 is 5.68. The molecular formula is C18H32N2O4. The van der Waals surface area contributed by atoms with Gasteiger partial charge in [0.2, 0.25) is 0 Å². The van der Waals surface area contributed by atoms with Crippen molar-refractivity contribution in [1.82, 2.24) is 9.80 Å². The van der Waals surface area contributed by atoms with Gasteiger partial charge in [0.05, 0.1) is 6.54 Å². The normalized spacial score (nSPS) is 21.5. The zero-order valence-corrected chi connectivity index (χ0v) is 15.3. The van der Waals surface area contributed by atoms with Crippen molar-refractivity contribution in [1.29, 1.82) is 0 Å². The Morgan fingerprint density at radius 2 is 1.92 bits per heavy atom. The fraction of sp³-hybridized carbons (Fsp3) is 0.889. The number of unbranched alkanes of at least 4 members (excludes halogenated alkanes) is 3. The van der Waals surface area contributed by atoms with Crippen molar-refractivity contribution in [3.05, 3.63) is 0 Å². The molecule has 1 atom stereocenters. The number of amides is 2. The highest BCUT2D eigenvalue weighted by Crippen LogP contribution is 2.33. The minimum Gasteiger partial charge on any atom is -0.441 e. The molecule has 2 saturated heterocycles. The van der Waals surface area contributed by atoms with Gasteiger partial charge in [-0.1, -0.05) is 40.0 Å². The van der Waals surface area contributed by atoms with Gasteiger partial charge in [0.25, 0.3) is 5.91 Å². The molecule has 0 aromatic carbocycles. The maximum atomic E-state index is 12.2. The number of hydrogen-bond donors (Lipinski definition) is 1. The van der Waals surface area contributed by atoms with E-state index in [2.05, 4.69) is 6.92 Å². The SMILES string of the molecule is CCCCCCN1CC2(CCN(C(=O)[C@@H](O)C(C)C)CC2)OC1=O. The number of nitrogens with zero attached hydrogens (tertiary/aromatic N) is 2. The van der Waals surface area contributed by atoms with Gasteiger partial charge < -0.3 is 19.6 Å². The molecule has 2 rings (SSSR count). The summed E-state index contributed by atoms with van der Waals surface area (Å²) in [7, 11) is 0. The largest absolute Gasteiger partial charge is 0.441 e. The van der Waals surface area contributed by atoms with Crippen LogP contribution in [0.5, 0.6) is 0 Å². The van der Waals surface area contributed by atoms with Crippen LogP contribution in [0.2, 0.25) is 0 Å². The molecule has 2 aliphatic heterocycles. The van der Waals surface area contributed by atoms with Crippen LogP contribution in [0.15, 0.2) is 0 Å². The van der Waals surface area contributed by atoms with Crippen LogP contribution in [0.25, 0.3) is 0 Å². The number of aliphatic hydroxyl groups excluding tert-OH is 1. The Hall–Kier alpha value is -1.30. The second-order valence-electron chi connectivity index (χ2n) is 7.55. The first-order valence-corrected chi connectivity index (χ1v) is 9.33. The highest BCUT2D eigenvalue weighted by Gasteiger charge is 2.47. The standard InChI is InChI=1S/C18H32N2O4/c1-4-5-6-7-10-20-13-18(24-17(20)23)8-11-19(12-9-18)16(22)15(21)14(2)3/h14-15,21H,4-13H2,1-3H3/t15-/m0/s1. The zero-order chi connectivity index (χ0) is 17.7. The van der Waals surface area contributed by atoms with Gasteiger partial charge in [0.15, 0.2) is 0 Å². The first-order chi connectivity index (χ1) is 11.4. The molecule has 24 heavy (non-hydrogen) atoms. The average molecular weight is 340 g/mol. The van der Waals surface area contributed by atoms with E-state index in [4.69, 9.17) is 4.74 Å². The Bertz CT molecular complexity index is 444. The third kappa shape index (κ3) is 4.41. The fourth-order valence-electron chi connectivity index (χ4n) is 3.46. The van der Waals surface area contributed by atoms with E-state index in [1.54, 1.807) is 4.90 Å². The molecule has 0 aromatic heterocycles. The average Bonchev–Trinajstić information content (AvgIpc) is 2.86. The fourth-order valence-corrected chi connectivity index (χ4v) is 3.46. The third-order valence-electron chi connectivity index (χ3n) is 5.19. The van der Waals surface area contributed by atoms with Crippen LogP contribution in [-0.4, -0.2) is 64.8 Å². The van der Waals surface area contributed by atoms with Gasteiger partial charge in [-0.05, 0) is 12.3 Å². The molecule has 1 spiro atoms. The quantitative estimate of drug-likeness (QED) is 0.723. The lowest BCUT2D eigenvalue weighted by Gasteiger charge is -2.38. The van der Waals surface area contributed by atoms with Crippen LogP contribution in [0.1, 0.15) is 59.3 Å². The number of ether oxygens (including phenoxy) is 1. The molecule has 6 nitrogen and oxygen atoms in total. The number of likely N-dealkylation sites (tertiary alicyclic amines) is 1. The maximum absolute atomic E-state index is 12.2. The molecular weight excluding hydrogens is 308 g/mol.